The van der Waals surface area contributed by atoms with Gasteiger partial charge in [0.1, 0.15) is 5.75 Å². The Kier molecular flexibility index (Phi) is 4.00. The molecule has 0 radical (unpaired) electrons. The molecule has 2 aromatic heterocycles. The van der Waals surface area contributed by atoms with Gasteiger partial charge in [0.15, 0.2) is 0 Å². The van der Waals surface area contributed by atoms with Crippen LogP contribution in [0.15, 0.2) is 36.4 Å². The van der Waals surface area contributed by atoms with Crippen molar-refractivity contribution in [1.82, 2.24) is 4.98 Å². The first-order valence-electron chi connectivity index (χ1n) is 6.65. The molecule has 0 aliphatic rings. The van der Waals surface area contributed by atoms with Gasteiger partial charge in [-0.25, -0.2) is 9.78 Å². The third kappa shape index (κ3) is 2.77. The molecule has 6 heteroatoms. The maximum atomic E-state index is 11.6. The van der Waals surface area contributed by atoms with Crippen molar-refractivity contribution in [2.45, 2.75) is 6.92 Å². The van der Waals surface area contributed by atoms with Gasteiger partial charge in [-0.05, 0) is 43.3 Å². The second kappa shape index (κ2) is 5.94. The van der Waals surface area contributed by atoms with Crippen LogP contribution in [0.1, 0.15) is 17.3 Å². The van der Waals surface area contributed by atoms with E-state index in [0.29, 0.717) is 33.3 Å². The standard InChI is InChI=1S/C16H12ClNO3S/c1-2-21-9-3-4-12-10(7-9)11(16(19)20)8-13(18-12)14-5-6-15(17)22-14/h3-8H,2H2,1H3,(H,19,20). The van der Waals surface area contributed by atoms with Gasteiger partial charge in [0.05, 0.1) is 32.6 Å². The fourth-order valence-corrected chi connectivity index (χ4v) is 3.22. The Balaban J connectivity index is 2.22. The van der Waals surface area contributed by atoms with Crippen LogP contribution < -0.4 is 4.74 Å². The first-order chi connectivity index (χ1) is 10.6. The van der Waals surface area contributed by atoms with E-state index in [1.165, 1.54) is 11.3 Å². The van der Waals surface area contributed by atoms with Crippen LogP contribution in [0.4, 0.5) is 0 Å². The van der Waals surface area contributed by atoms with Crippen molar-refractivity contribution < 1.29 is 14.6 Å². The van der Waals surface area contributed by atoms with Crippen LogP contribution >= 0.6 is 22.9 Å². The van der Waals surface area contributed by atoms with Gasteiger partial charge in [0.25, 0.3) is 0 Å². The van der Waals surface area contributed by atoms with Gasteiger partial charge in [-0.15, -0.1) is 11.3 Å². The number of carbonyl (C=O) groups is 1. The Morgan fingerprint density at radius 2 is 2.14 bits per heavy atom. The number of hydrogen-bond acceptors (Lipinski definition) is 4. The molecule has 0 aliphatic carbocycles. The predicted molar refractivity (Wildman–Crippen MR) is 88.2 cm³/mol. The van der Waals surface area contributed by atoms with E-state index in [1.54, 1.807) is 30.3 Å². The number of ether oxygens (including phenoxy) is 1. The number of nitrogens with zero attached hydrogens (tertiary/aromatic N) is 1. The summed E-state index contributed by atoms with van der Waals surface area (Å²) in [4.78, 5) is 17.0. The Labute approximate surface area is 135 Å². The van der Waals surface area contributed by atoms with Crippen LogP contribution in [0, 0.1) is 0 Å². The molecular formula is C16H12ClNO3S. The van der Waals surface area contributed by atoms with Crippen molar-refractivity contribution >= 4 is 39.8 Å². The SMILES string of the molecule is CCOc1ccc2nc(-c3ccc(Cl)s3)cc(C(=O)O)c2c1. The van der Waals surface area contributed by atoms with E-state index < -0.39 is 5.97 Å². The number of pyridine rings is 1. The molecule has 22 heavy (non-hydrogen) atoms. The van der Waals surface area contributed by atoms with Gasteiger partial charge >= 0.3 is 5.97 Å². The number of halogens is 1. The number of aromatic nitrogens is 1. The Bertz CT molecular complexity index is 860. The summed E-state index contributed by atoms with van der Waals surface area (Å²) in [5, 5.41) is 10.0. The zero-order valence-electron chi connectivity index (χ0n) is 11.7. The average Bonchev–Trinajstić information content (AvgIpc) is 2.93. The topological polar surface area (TPSA) is 59.4 Å². The van der Waals surface area contributed by atoms with E-state index in [1.807, 2.05) is 13.0 Å². The van der Waals surface area contributed by atoms with Gasteiger partial charge in [-0.3, -0.25) is 0 Å². The third-order valence-corrected chi connectivity index (χ3v) is 4.40. The number of benzene rings is 1. The highest BCUT2D eigenvalue weighted by atomic mass is 35.5. The van der Waals surface area contributed by atoms with Crippen LogP contribution in [-0.4, -0.2) is 22.7 Å². The van der Waals surface area contributed by atoms with Crippen LogP contribution in [0.5, 0.6) is 5.75 Å². The Hall–Kier alpha value is -2.11. The maximum Gasteiger partial charge on any atom is 0.336 e. The molecule has 0 saturated carbocycles. The number of aromatic carboxylic acids is 1. The third-order valence-electron chi connectivity index (χ3n) is 3.15. The summed E-state index contributed by atoms with van der Waals surface area (Å²) in [5.41, 5.74) is 1.42. The van der Waals surface area contributed by atoms with E-state index in [9.17, 15) is 9.90 Å². The smallest absolute Gasteiger partial charge is 0.336 e. The summed E-state index contributed by atoms with van der Waals surface area (Å²) in [6.07, 6.45) is 0. The molecule has 0 aliphatic heterocycles. The lowest BCUT2D eigenvalue weighted by molar-refractivity contribution is 0.0699. The maximum absolute atomic E-state index is 11.6. The molecule has 1 N–H and O–H groups in total. The number of hydrogen-bond donors (Lipinski definition) is 1. The predicted octanol–water partition coefficient (Wildman–Crippen LogP) is 4.71. The summed E-state index contributed by atoms with van der Waals surface area (Å²) in [5.74, 6) is -0.365. The van der Waals surface area contributed by atoms with Crippen LogP contribution in [-0.2, 0) is 0 Å². The second-order valence-corrected chi connectivity index (χ2v) is 6.29. The molecular weight excluding hydrogens is 322 g/mol. The summed E-state index contributed by atoms with van der Waals surface area (Å²) in [6.45, 7) is 2.40. The molecule has 0 saturated heterocycles. The molecule has 0 amide bonds. The van der Waals surface area contributed by atoms with Crippen molar-refractivity contribution in [3.8, 4) is 16.3 Å². The first kappa shape index (κ1) is 14.8. The van der Waals surface area contributed by atoms with E-state index in [0.717, 1.165) is 4.88 Å². The highest BCUT2D eigenvalue weighted by Crippen LogP contribution is 2.33. The number of carboxylic acids is 1. The number of thiophene rings is 1. The molecule has 4 nitrogen and oxygen atoms in total. The summed E-state index contributed by atoms with van der Waals surface area (Å²) in [6, 6.07) is 10.4. The Morgan fingerprint density at radius 1 is 1.32 bits per heavy atom. The van der Waals surface area contributed by atoms with Crippen molar-refractivity contribution in [1.29, 1.82) is 0 Å². The van der Waals surface area contributed by atoms with Crippen LogP contribution in [0.2, 0.25) is 4.34 Å². The van der Waals surface area contributed by atoms with Gasteiger partial charge in [-0.2, -0.15) is 0 Å². The fourth-order valence-electron chi connectivity index (χ4n) is 2.22. The molecule has 2 heterocycles. The van der Waals surface area contributed by atoms with Gasteiger partial charge < -0.3 is 9.84 Å². The zero-order valence-corrected chi connectivity index (χ0v) is 13.2. The van der Waals surface area contributed by atoms with Gasteiger partial charge in [-0.1, -0.05) is 11.6 Å². The lowest BCUT2D eigenvalue weighted by Crippen LogP contribution is -2.00. The van der Waals surface area contributed by atoms with E-state index in [2.05, 4.69) is 4.98 Å². The molecule has 3 aromatic rings. The van der Waals surface area contributed by atoms with E-state index >= 15 is 0 Å². The minimum Gasteiger partial charge on any atom is -0.494 e. The van der Waals surface area contributed by atoms with Crippen molar-refractivity contribution in [3.63, 3.8) is 0 Å². The highest BCUT2D eigenvalue weighted by molar-refractivity contribution is 7.19. The molecule has 3 rings (SSSR count). The molecule has 0 fully saturated rings. The van der Waals surface area contributed by atoms with E-state index in [-0.39, 0.29) is 5.56 Å². The van der Waals surface area contributed by atoms with Crippen molar-refractivity contribution in [3.05, 3.63) is 46.3 Å². The van der Waals surface area contributed by atoms with Gasteiger partial charge in [0, 0.05) is 5.39 Å². The quantitative estimate of drug-likeness (QED) is 0.751. The summed E-state index contributed by atoms with van der Waals surface area (Å²) in [7, 11) is 0. The largest absolute Gasteiger partial charge is 0.494 e. The minimum absolute atomic E-state index is 0.200. The fraction of sp³-hybridized carbons (Fsp3) is 0.125. The second-order valence-electron chi connectivity index (χ2n) is 4.58. The highest BCUT2D eigenvalue weighted by Gasteiger charge is 2.14. The van der Waals surface area contributed by atoms with Crippen LogP contribution in [0.3, 0.4) is 0 Å². The van der Waals surface area contributed by atoms with Crippen molar-refractivity contribution in [2.24, 2.45) is 0 Å². The van der Waals surface area contributed by atoms with E-state index in [4.69, 9.17) is 16.3 Å². The lowest BCUT2D eigenvalue weighted by Gasteiger charge is -2.08. The average molecular weight is 334 g/mol. The first-order valence-corrected chi connectivity index (χ1v) is 7.84. The number of rotatable bonds is 4. The monoisotopic (exact) mass is 333 g/mol. The lowest BCUT2D eigenvalue weighted by atomic mass is 10.1. The molecule has 1 aromatic carbocycles. The Morgan fingerprint density at radius 3 is 2.77 bits per heavy atom. The van der Waals surface area contributed by atoms with Gasteiger partial charge in [0.2, 0.25) is 0 Å². The van der Waals surface area contributed by atoms with Crippen molar-refractivity contribution in [2.75, 3.05) is 6.61 Å². The minimum atomic E-state index is -0.995. The molecule has 0 spiro atoms. The molecule has 0 atom stereocenters. The molecule has 112 valence electrons. The normalized spacial score (nSPS) is 10.8. The summed E-state index contributed by atoms with van der Waals surface area (Å²) < 4.78 is 6.07. The molecule has 0 bridgehead atoms. The van der Waals surface area contributed by atoms with Crippen LogP contribution in [0.25, 0.3) is 21.5 Å². The zero-order chi connectivity index (χ0) is 15.7. The molecule has 0 unspecified atom stereocenters. The summed E-state index contributed by atoms with van der Waals surface area (Å²) >= 11 is 7.31. The number of fused-ring (bicyclic) bond motifs is 1. The number of carboxylic acid groups (broad SMARTS) is 1.